The fraction of sp³-hybridized carbons (Fsp3) is 0.478. The minimum atomic E-state index is -4.57. The molecular formula is C23H23F4N3O3S. The zero-order valence-corrected chi connectivity index (χ0v) is 19.2. The Balaban J connectivity index is 1.29. The van der Waals surface area contributed by atoms with E-state index in [1.54, 1.807) is 4.90 Å². The standard InChI is InChI=1S/C23H23F4N3O3S/c1-14-6-8-18-16(7-9-20(28-18)23(25,26)27)21(31)30(14)15-10-22(11-15)12-29(13-22)34(32,33)19-5-3-2-4-17(19)24/h2-5,7,9,14-15H,6,8,10-13H2,1H3. The van der Waals surface area contributed by atoms with Gasteiger partial charge >= 0.3 is 6.18 Å². The molecule has 1 saturated heterocycles. The van der Waals surface area contributed by atoms with Crippen molar-refractivity contribution in [2.45, 2.75) is 55.8 Å². The first kappa shape index (κ1) is 23.2. The molecule has 1 saturated carbocycles. The van der Waals surface area contributed by atoms with Crippen molar-refractivity contribution in [1.29, 1.82) is 0 Å². The lowest BCUT2D eigenvalue weighted by Gasteiger charge is -2.60. The monoisotopic (exact) mass is 497 g/mol. The van der Waals surface area contributed by atoms with E-state index >= 15 is 0 Å². The number of amides is 1. The van der Waals surface area contributed by atoms with Gasteiger partial charge in [-0.15, -0.1) is 0 Å². The van der Waals surface area contributed by atoms with E-state index in [1.807, 2.05) is 6.92 Å². The number of rotatable bonds is 3. The summed E-state index contributed by atoms with van der Waals surface area (Å²) in [5.41, 5.74) is -0.922. The van der Waals surface area contributed by atoms with Crippen molar-refractivity contribution in [3.63, 3.8) is 0 Å². The molecule has 6 nitrogen and oxygen atoms in total. The highest BCUT2D eigenvalue weighted by molar-refractivity contribution is 7.89. The van der Waals surface area contributed by atoms with E-state index < -0.39 is 27.7 Å². The zero-order valence-electron chi connectivity index (χ0n) is 18.3. The molecule has 34 heavy (non-hydrogen) atoms. The first-order valence-electron chi connectivity index (χ1n) is 11.1. The van der Waals surface area contributed by atoms with Crippen molar-refractivity contribution in [3.8, 4) is 0 Å². The number of carbonyl (C=O) groups is 1. The number of aryl methyl sites for hydroxylation is 1. The van der Waals surface area contributed by atoms with Crippen LogP contribution >= 0.6 is 0 Å². The maximum Gasteiger partial charge on any atom is 0.433 e. The first-order chi connectivity index (χ1) is 15.9. The Morgan fingerprint density at radius 2 is 1.76 bits per heavy atom. The molecule has 3 aliphatic rings. The van der Waals surface area contributed by atoms with Crippen molar-refractivity contribution < 1.29 is 30.8 Å². The van der Waals surface area contributed by atoms with Crippen molar-refractivity contribution in [3.05, 3.63) is 59.2 Å². The first-order valence-corrected chi connectivity index (χ1v) is 12.5. The van der Waals surface area contributed by atoms with Gasteiger partial charge in [0.1, 0.15) is 16.4 Å². The Hall–Kier alpha value is -2.53. The quantitative estimate of drug-likeness (QED) is 0.604. The van der Waals surface area contributed by atoms with Crippen LogP contribution in [0.5, 0.6) is 0 Å². The highest BCUT2D eigenvalue weighted by atomic mass is 32.2. The number of pyridine rings is 1. The predicted molar refractivity (Wildman–Crippen MR) is 114 cm³/mol. The fourth-order valence-corrected chi connectivity index (χ4v) is 7.18. The number of halogens is 4. The minimum absolute atomic E-state index is 0.131. The summed E-state index contributed by atoms with van der Waals surface area (Å²) >= 11 is 0. The Bertz CT molecular complexity index is 1250. The molecule has 1 aromatic carbocycles. The normalized spacial score (nSPS) is 23.3. The van der Waals surface area contributed by atoms with Gasteiger partial charge in [0.2, 0.25) is 10.0 Å². The van der Waals surface area contributed by atoms with Crippen LogP contribution in [0.4, 0.5) is 17.6 Å². The molecule has 0 N–H and O–H groups in total. The number of benzene rings is 1. The number of alkyl halides is 3. The Morgan fingerprint density at radius 3 is 2.41 bits per heavy atom. The van der Waals surface area contributed by atoms with Crippen molar-refractivity contribution >= 4 is 15.9 Å². The van der Waals surface area contributed by atoms with Gasteiger partial charge in [-0.1, -0.05) is 12.1 Å². The van der Waals surface area contributed by atoms with Gasteiger partial charge < -0.3 is 4.90 Å². The van der Waals surface area contributed by atoms with E-state index in [9.17, 15) is 30.8 Å². The predicted octanol–water partition coefficient (Wildman–Crippen LogP) is 3.87. The van der Waals surface area contributed by atoms with Crippen molar-refractivity contribution in [2.24, 2.45) is 5.41 Å². The second kappa shape index (κ2) is 7.74. The summed E-state index contributed by atoms with van der Waals surface area (Å²) in [7, 11) is -3.93. The van der Waals surface area contributed by atoms with Gasteiger partial charge in [-0.25, -0.2) is 17.8 Å². The SMILES string of the molecule is CC1CCc2nc(C(F)(F)F)ccc2C(=O)N1C1CC2(C1)CN(S(=O)(=O)c1ccccc1F)C2. The van der Waals surface area contributed by atoms with Gasteiger partial charge in [0, 0.05) is 30.6 Å². The van der Waals surface area contributed by atoms with Crippen LogP contribution in [0.25, 0.3) is 0 Å². The van der Waals surface area contributed by atoms with Gasteiger partial charge in [0.15, 0.2) is 0 Å². The Labute approximate surface area is 194 Å². The highest BCUT2D eigenvalue weighted by Crippen LogP contribution is 2.52. The zero-order chi connectivity index (χ0) is 24.5. The molecule has 3 heterocycles. The minimum Gasteiger partial charge on any atom is -0.333 e. The maximum atomic E-state index is 14.0. The average molecular weight is 498 g/mol. The van der Waals surface area contributed by atoms with Crippen LogP contribution in [-0.4, -0.2) is 53.7 Å². The lowest BCUT2D eigenvalue weighted by molar-refractivity contribution is -0.141. The second-order valence-electron chi connectivity index (χ2n) is 9.55. The van der Waals surface area contributed by atoms with Crippen molar-refractivity contribution in [1.82, 2.24) is 14.2 Å². The molecule has 2 aromatic rings. The smallest absolute Gasteiger partial charge is 0.333 e. The molecule has 0 radical (unpaired) electrons. The van der Waals surface area contributed by atoms with Crippen LogP contribution in [-0.2, 0) is 22.6 Å². The molecule has 5 rings (SSSR count). The topological polar surface area (TPSA) is 70.6 Å². The molecule has 1 atom stereocenters. The Morgan fingerprint density at radius 1 is 1.09 bits per heavy atom. The van der Waals surface area contributed by atoms with Crippen LogP contribution in [0.3, 0.4) is 0 Å². The molecule has 1 aliphatic carbocycles. The lowest BCUT2D eigenvalue weighted by Crippen LogP contribution is -2.68. The van der Waals surface area contributed by atoms with Gasteiger partial charge in [0.05, 0.1) is 11.3 Å². The summed E-state index contributed by atoms with van der Waals surface area (Å²) in [6.45, 7) is 2.38. The molecule has 1 unspecified atom stereocenters. The van der Waals surface area contributed by atoms with Crippen LogP contribution in [0.2, 0.25) is 0 Å². The molecule has 2 fully saturated rings. The maximum absolute atomic E-state index is 14.0. The third kappa shape index (κ3) is 3.69. The molecule has 2 aliphatic heterocycles. The summed E-state index contributed by atoms with van der Waals surface area (Å²) in [6, 6.07) is 6.99. The molecule has 1 amide bonds. The second-order valence-corrected chi connectivity index (χ2v) is 11.5. The molecule has 1 spiro atoms. The number of aromatic nitrogens is 1. The summed E-state index contributed by atoms with van der Waals surface area (Å²) in [6.07, 6.45) is -2.62. The number of hydrogen-bond donors (Lipinski definition) is 0. The van der Waals surface area contributed by atoms with Gasteiger partial charge in [-0.3, -0.25) is 4.79 Å². The Kier molecular flexibility index (Phi) is 5.29. The summed E-state index contributed by atoms with van der Waals surface area (Å²) in [5, 5.41) is 0. The largest absolute Gasteiger partial charge is 0.433 e. The summed E-state index contributed by atoms with van der Waals surface area (Å²) in [5.74, 6) is -1.13. The van der Waals surface area contributed by atoms with E-state index in [0.717, 1.165) is 12.1 Å². The number of nitrogens with zero attached hydrogens (tertiary/aromatic N) is 3. The summed E-state index contributed by atoms with van der Waals surface area (Å²) < 4.78 is 80.0. The summed E-state index contributed by atoms with van der Waals surface area (Å²) in [4.78, 5) is 18.4. The third-order valence-corrected chi connectivity index (χ3v) is 9.04. The fourth-order valence-electron chi connectivity index (χ4n) is 5.45. The molecule has 0 bridgehead atoms. The molecule has 11 heteroatoms. The van der Waals surface area contributed by atoms with E-state index in [-0.39, 0.29) is 59.1 Å². The van der Waals surface area contributed by atoms with E-state index in [2.05, 4.69) is 4.98 Å². The third-order valence-electron chi connectivity index (χ3n) is 7.21. The van der Waals surface area contributed by atoms with Gasteiger partial charge in [0.25, 0.3) is 5.91 Å². The van der Waals surface area contributed by atoms with Gasteiger partial charge in [-0.05, 0) is 56.9 Å². The van der Waals surface area contributed by atoms with Crippen LogP contribution in [0.1, 0.15) is 47.9 Å². The molecule has 182 valence electrons. The van der Waals surface area contributed by atoms with Crippen LogP contribution in [0.15, 0.2) is 41.3 Å². The van der Waals surface area contributed by atoms with E-state index in [0.29, 0.717) is 19.3 Å². The van der Waals surface area contributed by atoms with E-state index in [1.165, 1.54) is 28.6 Å². The molecule has 1 aromatic heterocycles. The average Bonchev–Trinajstić information content (AvgIpc) is 2.82. The number of fused-ring (bicyclic) bond motifs is 1. The van der Waals surface area contributed by atoms with Crippen LogP contribution in [0, 0.1) is 11.2 Å². The van der Waals surface area contributed by atoms with Crippen molar-refractivity contribution in [2.75, 3.05) is 13.1 Å². The highest BCUT2D eigenvalue weighted by Gasteiger charge is 2.58. The number of hydrogen-bond acceptors (Lipinski definition) is 4. The van der Waals surface area contributed by atoms with Gasteiger partial charge in [-0.2, -0.15) is 17.5 Å². The van der Waals surface area contributed by atoms with Crippen LogP contribution < -0.4 is 0 Å². The van der Waals surface area contributed by atoms with E-state index in [4.69, 9.17) is 0 Å². The molecular weight excluding hydrogens is 474 g/mol. The lowest BCUT2D eigenvalue weighted by atomic mass is 9.61. The number of sulfonamides is 1. The number of carbonyl (C=O) groups excluding carboxylic acids is 1.